The zero-order valence-electron chi connectivity index (χ0n) is 11.5. The number of carboxylic acid groups (broad SMARTS) is 1. The molecule has 2 unspecified atom stereocenters. The third-order valence-corrected chi connectivity index (χ3v) is 3.72. The van der Waals surface area contributed by atoms with Crippen LogP contribution in [0.3, 0.4) is 0 Å². The fourth-order valence-corrected chi connectivity index (χ4v) is 2.40. The summed E-state index contributed by atoms with van der Waals surface area (Å²) in [4.78, 5) is 23.5. The molecular weight excluding hydrogens is 254 g/mol. The van der Waals surface area contributed by atoms with Crippen molar-refractivity contribution in [1.29, 1.82) is 0 Å². The van der Waals surface area contributed by atoms with Gasteiger partial charge in [-0.2, -0.15) is 0 Å². The summed E-state index contributed by atoms with van der Waals surface area (Å²) in [6, 6.07) is 8.76. The SMILES string of the molecule is CC(C(=O)O)C(NC(=O)C1CC=CC1)c1ccccc1. The normalized spacial score (nSPS) is 17.6. The highest BCUT2D eigenvalue weighted by molar-refractivity contribution is 5.81. The van der Waals surface area contributed by atoms with E-state index in [0.29, 0.717) is 0 Å². The lowest BCUT2D eigenvalue weighted by atomic mass is 9.93. The molecule has 2 atom stereocenters. The Morgan fingerprint density at radius 1 is 1.20 bits per heavy atom. The monoisotopic (exact) mass is 273 g/mol. The van der Waals surface area contributed by atoms with Crippen LogP contribution in [0, 0.1) is 11.8 Å². The van der Waals surface area contributed by atoms with Gasteiger partial charge in [-0.3, -0.25) is 9.59 Å². The molecule has 0 aromatic heterocycles. The smallest absolute Gasteiger partial charge is 0.308 e. The van der Waals surface area contributed by atoms with Gasteiger partial charge in [-0.25, -0.2) is 0 Å². The average Bonchev–Trinajstić information content (AvgIpc) is 2.99. The first kappa shape index (κ1) is 14.3. The van der Waals surface area contributed by atoms with Crippen molar-refractivity contribution in [3.8, 4) is 0 Å². The molecule has 0 saturated carbocycles. The summed E-state index contributed by atoms with van der Waals surface area (Å²) in [7, 11) is 0. The van der Waals surface area contributed by atoms with Crippen LogP contribution in [0.5, 0.6) is 0 Å². The van der Waals surface area contributed by atoms with E-state index in [1.807, 2.05) is 42.5 Å². The molecule has 0 heterocycles. The number of hydrogen-bond acceptors (Lipinski definition) is 2. The first-order valence-corrected chi connectivity index (χ1v) is 6.82. The predicted molar refractivity (Wildman–Crippen MR) is 76.0 cm³/mol. The highest BCUT2D eigenvalue weighted by atomic mass is 16.4. The molecule has 20 heavy (non-hydrogen) atoms. The van der Waals surface area contributed by atoms with E-state index in [9.17, 15) is 14.7 Å². The van der Waals surface area contributed by atoms with Crippen molar-refractivity contribution >= 4 is 11.9 Å². The standard InChI is InChI=1S/C16H19NO3/c1-11(16(19)20)14(12-7-3-2-4-8-12)17-15(18)13-9-5-6-10-13/h2-8,11,13-14H,9-10H2,1H3,(H,17,18)(H,19,20). The Morgan fingerprint density at radius 2 is 1.80 bits per heavy atom. The molecule has 0 saturated heterocycles. The largest absolute Gasteiger partial charge is 0.481 e. The van der Waals surface area contributed by atoms with Gasteiger partial charge in [-0.15, -0.1) is 0 Å². The van der Waals surface area contributed by atoms with Crippen molar-refractivity contribution in [2.45, 2.75) is 25.8 Å². The number of allylic oxidation sites excluding steroid dienone is 2. The van der Waals surface area contributed by atoms with Crippen molar-refractivity contribution in [2.75, 3.05) is 0 Å². The Balaban J connectivity index is 2.14. The Kier molecular flexibility index (Phi) is 4.56. The number of carboxylic acids is 1. The Hall–Kier alpha value is -2.10. The quantitative estimate of drug-likeness (QED) is 0.810. The third kappa shape index (κ3) is 3.26. The van der Waals surface area contributed by atoms with Gasteiger partial charge in [0.05, 0.1) is 12.0 Å². The zero-order chi connectivity index (χ0) is 14.5. The molecule has 1 aliphatic carbocycles. The van der Waals surface area contributed by atoms with Crippen LogP contribution >= 0.6 is 0 Å². The molecule has 1 aromatic carbocycles. The Morgan fingerprint density at radius 3 is 2.35 bits per heavy atom. The highest BCUT2D eigenvalue weighted by Gasteiger charge is 2.29. The molecule has 0 fully saturated rings. The molecule has 0 radical (unpaired) electrons. The zero-order valence-corrected chi connectivity index (χ0v) is 11.5. The molecule has 2 N–H and O–H groups in total. The van der Waals surface area contributed by atoms with E-state index in [1.54, 1.807) is 6.92 Å². The lowest BCUT2D eigenvalue weighted by molar-refractivity contribution is -0.142. The van der Waals surface area contributed by atoms with Crippen LogP contribution in [-0.4, -0.2) is 17.0 Å². The minimum Gasteiger partial charge on any atom is -0.481 e. The summed E-state index contributed by atoms with van der Waals surface area (Å²) in [6.07, 6.45) is 5.44. The van der Waals surface area contributed by atoms with Gasteiger partial charge in [0.1, 0.15) is 0 Å². The van der Waals surface area contributed by atoms with Crippen molar-refractivity contribution < 1.29 is 14.7 Å². The van der Waals surface area contributed by atoms with Crippen molar-refractivity contribution in [2.24, 2.45) is 11.8 Å². The molecule has 4 heteroatoms. The highest BCUT2D eigenvalue weighted by Crippen LogP contribution is 2.25. The Labute approximate surface area is 118 Å². The minimum absolute atomic E-state index is 0.0674. The van der Waals surface area contributed by atoms with Crippen LogP contribution in [0.2, 0.25) is 0 Å². The lowest BCUT2D eigenvalue weighted by Crippen LogP contribution is -2.38. The van der Waals surface area contributed by atoms with Gasteiger partial charge in [-0.05, 0) is 25.3 Å². The van der Waals surface area contributed by atoms with Crippen LogP contribution in [0.15, 0.2) is 42.5 Å². The van der Waals surface area contributed by atoms with Crippen LogP contribution in [0.1, 0.15) is 31.4 Å². The van der Waals surface area contributed by atoms with Crippen LogP contribution in [0.4, 0.5) is 0 Å². The van der Waals surface area contributed by atoms with Crippen LogP contribution in [0.25, 0.3) is 0 Å². The van der Waals surface area contributed by atoms with E-state index in [-0.39, 0.29) is 11.8 Å². The van der Waals surface area contributed by atoms with Gasteiger partial charge in [0.2, 0.25) is 5.91 Å². The first-order chi connectivity index (χ1) is 9.59. The number of aliphatic carboxylic acids is 1. The molecule has 0 spiro atoms. The summed E-state index contributed by atoms with van der Waals surface area (Å²) in [5.41, 5.74) is 0.821. The number of carbonyl (C=O) groups is 2. The molecular formula is C16H19NO3. The van der Waals surface area contributed by atoms with Crippen LogP contribution < -0.4 is 5.32 Å². The number of carbonyl (C=O) groups excluding carboxylic acids is 1. The van der Waals surface area contributed by atoms with Crippen molar-refractivity contribution in [1.82, 2.24) is 5.32 Å². The lowest BCUT2D eigenvalue weighted by Gasteiger charge is -2.24. The fraction of sp³-hybridized carbons (Fsp3) is 0.375. The molecule has 2 rings (SSSR count). The predicted octanol–water partition coefficient (Wildman–Crippen LogP) is 2.53. The second-order valence-electron chi connectivity index (χ2n) is 5.16. The maximum absolute atomic E-state index is 12.2. The molecule has 1 amide bonds. The van der Waals surface area contributed by atoms with Crippen molar-refractivity contribution in [3.63, 3.8) is 0 Å². The first-order valence-electron chi connectivity index (χ1n) is 6.82. The Bertz CT molecular complexity index is 502. The summed E-state index contributed by atoms with van der Waals surface area (Å²) < 4.78 is 0. The van der Waals surface area contributed by atoms with E-state index in [1.165, 1.54) is 0 Å². The maximum atomic E-state index is 12.2. The van der Waals surface area contributed by atoms with Crippen LogP contribution in [-0.2, 0) is 9.59 Å². The second-order valence-corrected chi connectivity index (χ2v) is 5.16. The molecule has 1 aliphatic rings. The van der Waals surface area contributed by atoms with Gasteiger partial charge in [0.25, 0.3) is 0 Å². The average molecular weight is 273 g/mol. The summed E-state index contributed by atoms with van der Waals surface area (Å²) in [5.74, 6) is -1.72. The minimum atomic E-state index is -0.913. The fourth-order valence-electron chi connectivity index (χ4n) is 2.40. The van der Waals surface area contributed by atoms with E-state index in [0.717, 1.165) is 18.4 Å². The van der Waals surface area contributed by atoms with Gasteiger partial charge < -0.3 is 10.4 Å². The van der Waals surface area contributed by atoms with Crippen molar-refractivity contribution in [3.05, 3.63) is 48.0 Å². The van der Waals surface area contributed by atoms with Gasteiger partial charge in [0.15, 0.2) is 0 Å². The number of nitrogens with one attached hydrogen (secondary N) is 1. The maximum Gasteiger partial charge on any atom is 0.308 e. The van der Waals surface area contributed by atoms with E-state index in [4.69, 9.17) is 0 Å². The van der Waals surface area contributed by atoms with Gasteiger partial charge in [0, 0.05) is 5.92 Å². The number of amides is 1. The summed E-state index contributed by atoms with van der Waals surface area (Å²) in [6.45, 7) is 1.62. The number of rotatable bonds is 5. The summed E-state index contributed by atoms with van der Waals surface area (Å²) in [5, 5.41) is 12.1. The second kappa shape index (κ2) is 6.37. The number of hydrogen-bond donors (Lipinski definition) is 2. The summed E-state index contributed by atoms with van der Waals surface area (Å²) >= 11 is 0. The third-order valence-electron chi connectivity index (χ3n) is 3.72. The van der Waals surface area contributed by atoms with E-state index in [2.05, 4.69) is 5.32 Å². The number of benzene rings is 1. The van der Waals surface area contributed by atoms with E-state index < -0.39 is 17.9 Å². The topological polar surface area (TPSA) is 66.4 Å². The molecule has 0 aliphatic heterocycles. The van der Waals surface area contributed by atoms with Gasteiger partial charge >= 0.3 is 5.97 Å². The van der Waals surface area contributed by atoms with Gasteiger partial charge in [-0.1, -0.05) is 42.5 Å². The van der Waals surface area contributed by atoms with E-state index >= 15 is 0 Å². The molecule has 4 nitrogen and oxygen atoms in total. The molecule has 106 valence electrons. The molecule has 0 bridgehead atoms. The molecule has 1 aromatic rings.